The van der Waals surface area contributed by atoms with Gasteiger partial charge in [0.2, 0.25) is 0 Å². The van der Waals surface area contributed by atoms with Crippen molar-refractivity contribution >= 4 is 17.8 Å². The van der Waals surface area contributed by atoms with Crippen LogP contribution in [0.15, 0.2) is 84.9 Å². The van der Waals surface area contributed by atoms with Gasteiger partial charge in [0.25, 0.3) is 0 Å². The summed E-state index contributed by atoms with van der Waals surface area (Å²) in [6, 6.07) is 24.3. The molecule has 24 heavy (non-hydrogen) atoms. The van der Waals surface area contributed by atoms with E-state index in [-0.39, 0.29) is 5.75 Å². The molecule has 3 rings (SSSR count). The minimum atomic E-state index is -3.39. The maximum atomic E-state index is 14.2. The van der Waals surface area contributed by atoms with Crippen molar-refractivity contribution in [2.45, 2.75) is 12.3 Å². The Morgan fingerprint density at radius 2 is 1.17 bits per heavy atom. The Hall–Kier alpha value is -2.35. The van der Waals surface area contributed by atoms with Gasteiger partial charge in [-0.05, 0) is 24.6 Å². The van der Waals surface area contributed by atoms with Crippen LogP contribution in [0, 0.1) is 0 Å². The number of aliphatic hydroxyl groups is 1. The van der Waals surface area contributed by atoms with Gasteiger partial charge in [0.1, 0.15) is 11.1 Å². The average molecular weight is 338 g/mol. The summed E-state index contributed by atoms with van der Waals surface area (Å²) >= 11 is 0. The number of hydrogen-bond donors (Lipinski definition) is 2. The molecule has 0 aliphatic rings. The fourth-order valence-electron chi connectivity index (χ4n) is 2.89. The van der Waals surface area contributed by atoms with Gasteiger partial charge in [-0.3, -0.25) is 0 Å². The highest BCUT2D eigenvalue weighted by Crippen LogP contribution is 2.59. The van der Waals surface area contributed by atoms with Crippen molar-refractivity contribution in [1.82, 2.24) is 0 Å². The largest absolute Gasteiger partial charge is 0.508 e. The number of benzene rings is 3. The fourth-order valence-corrected chi connectivity index (χ4v) is 5.89. The molecule has 2 N–H and O–H groups in total. The molecule has 1 atom stereocenters. The number of hydrogen-bond acceptors (Lipinski definition) is 3. The first-order chi connectivity index (χ1) is 11.5. The number of rotatable bonds is 4. The predicted molar refractivity (Wildman–Crippen MR) is 97.4 cm³/mol. The van der Waals surface area contributed by atoms with Crippen molar-refractivity contribution in [3.63, 3.8) is 0 Å². The summed E-state index contributed by atoms with van der Waals surface area (Å²) in [5, 5.41) is 20.4. The summed E-state index contributed by atoms with van der Waals surface area (Å²) in [5.41, 5.74) is 0.497. The van der Waals surface area contributed by atoms with Gasteiger partial charge in [-0.15, -0.1) is 0 Å². The van der Waals surface area contributed by atoms with Gasteiger partial charge in [0.05, 0.1) is 0 Å². The zero-order chi connectivity index (χ0) is 17.2. The highest BCUT2D eigenvalue weighted by molar-refractivity contribution is 7.79. The molecule has 4 heteroatoms. The van der Waals surface area contributed by atoms with Crippen LogP contribution in [0.25, 0.3) is 0 Å². The van der Waals surface area contributed by atoms with Gasteiger partial charge in [0.15, 0.2) is 7.14 Å². The van der Waals surface area contributed by atoms with Crippen LogP contribution in [0.3, 0.4) is 0 Å². The van der Waals surface area contributed by atoms with Gasteiger partial charge in [-0.25, -0.2) is 0 Å². The lowest BCUT2D eigenvalue weighted by Crippen LogP contribution is -2.33. The molecule has 0 bridgehead atoms. The minimum absolute atomic E-state index is 0.101. The first kappa shape index (κ1) is 16.5. The molecule has 0 saturated heterocycles. The maximum absolute atomic E-state index is 14.2. The topological polar surface area (TPSA) is 57.5 Å². The lowest BCUT2D eigenvalue weighted by atomic mass is 10.1. The summed E-state index contributed by atoms with van der Waals surface area (Å²) < 4.78 is 14.2. The fraction of sp³-hybridized carbons (Fsp3) is 0.100. The first-order valence-corrected chi connectivity index (χ1v) is 9.40. The molecule has 1 unspecified atom stereocenters. The second-order valence-electron chi connectivity index (χ2n) is 5.85. The smallest absolute Gasteiger partial charge is 0.177 e. The van der Waals surface area contributed by atoms with Gasteiger partial charge < -0.3 is 14.8 Å². The molecule has 3 nitrogen and oxygen atoms in total. The molecule has 0 heterocycles. The summed E-state index contributed by atoms with van der Waals surface area (Å²) in [7, 11) is -3.39. The van der Waals surface area contributed by atoms with Gasteiger partial charge in [0, 0.05) is 10.6 Å². The zero-order valence-electron chi connectivity index (χ0n) is 13.3. The van der Waals surface area contributed by atoms with E-state index in [9.17, 15) is 14.8 Å². The summed E-state index contributed by atoms with van der Waals surface area (Å²) in [6.45, 7) is 1.57. The average Bonchev–Trinajstić information content (AvgIpc) is 2.62. The van der Waals surface area contributed by atoms with E-state index in [1.165, 1.54) is 12.1 Å². The molecule has 0 spiro atoms. The third-order valence-electron chi connectivity index (χ3n) is 4.27. The highest BCUT2D eigenvalue weighted by atomic mass is 31.2. The third kappa shape index (κ3) is 2.66. The van der Waals surface area contributed by atoms with E-state index in [1.54, 1.807) is 43.3 Å². The van der Waals surface area contributed by atoms with E-state index in [2.05, 4.69) is 0 Å². The molecule has 0 radical (unpaired) electrons. The zero-order valence-corrected chi connectivity index (χ0v) is 14.2. The van der Waals surface area contributed by atoms with Gasteiger partial charge in [-0.1, -0.05) is 72.8 Å². The van der Waals surface area contributed by atoms with E-state index < -0.39 is 12.5 Å². The second-order valence-corrected chi connectivity index (χ2v) is 8.97. The van der Waals surface area contributed by atoms with E-state index in [0.717, 1.165) is 0 Å². The molecule has 0 aliphatic carbocycles. The Balaban J connectivity index is 2.26. The minimum Gasteiger partial charge on any atom is -0.508 e. The Bertz CT molecular complexity index is 813. The quantitative estimate of drug-likeness (QED) is 0.715. The summed E-state index contributed by atoms with van der Waals surface area (Å²) in [6.07, 6.45) is 0. The van der Waals surface area contributed by atoms with Crippen molar-refractivity contribution < 1.29 is 14.8 Å². The molecule has 3 aromatic rings. The lowest BCUT2D eigenvalue weighted by Gasteiger charge is -2.34. The van der Waals surface area contributed by atoms with Crippen molar-refractivity contribution in [1.29, 1.82) is 0 Å². The van der Waals surface area contributed by atoms with Crippen LogP contribution in [-0.4, -0.2) is 10.2 Å². The van der Waals surface area contributed by atoms with Crippen molar-refractivity contribution in [3.05, 3.63) is 90.5 Å². The standard InChI is InChI=1S/C20H19O3P/c1-20(22,16-12-14-17(21)15-13-16)24(23,18-8-4-2-5-9-18)19-10-6-3-7-11-19/h2-15,21-22H,1H3. The van der Waals surface area contributed by atoms with Gasteiger partial charge in [-0.2, -0.15) is 0 Å². The number of phenols is 1. The van der Waals surface area contributed by atoms with Crippen molar-refractivity contribution in [2.24, 2.45) is 0 Å². The van der Waals surface area contributed by atoms with Crippen LogP contribution < -0.4 is 10.6 Å². The molecule has 0 aliphatic heterocycles. The third-order valence-corrected chi connectivity index (χ3v) is 7.80. The van der Waals surface area contributed by atoms with Gasteiger partial charge >= 0.3 is 0 Å². The second kappa shape index (κ2) is 6.27. The SMILES string of the molecule is CC(O)(c1ccc(O)cc1)P(=O)(c1ccccc1)c1ccccc1. The number of phenolic OH excluding ortho intramolecular Hbond substituents is 1. The van der Waals surface area contributed by atoms with E-state index >= 15 is 0 Å². The van der Waals surface area contributed by atoms with Crippen LogP contribution in [0.1, 0.15) is 12.5 Å². The Kier molecular flexibility index (Phi) is 4.31. The predicted octanol–water partition coefficient (Wildman–Crippen LogP) is 3.57. The van der Waals surface area contributed by atoms with Crippen LogP contribution in [0.5, 0.6) is 5.75 Å². The maximum Gasteiger partial charge on any atom is 0.177 e. The molecule has 0 fully saturated rings. The Morgan fingerprint density at radius 1 is 0.750 bits per heavy atom. The monoisotopic (exact) mass is 338 g/mol. The van der Waals surface area contributed by atoms with E-state index in [4.69, 9.17) is 0 Å². The Labute approximate surface area is 141 Å². The van der Waals surface area contributed by atoms with Crippen LogP contribution in [0.2, 0.25) is 0 Å². The number of aromatic hydroxyl groups is 1. The highest BCUT2D eigenvalue weighted by Gasteiger charge is 2.46. The van der Waals surface area contributed by atoms with Crippen molar-refractivity contribution in [3.8, 4) is 5.75 Å². The van der Waals surface area contributed by atoms with Crippen LogP contribution in [0.4, 0.5) is 0 Å². The normalized spacial score (nSPS) is 14.1. The summed E-state index contributed by atoms with van der Waals surface area (Å²) in [4.78, 5) is 0. The van der Waals surface area contributed by atoms with Crippen molar-refractivity contribution in [2.75, 3.05) is 0 Å². The first-order valence-electron chi connectivity index (χ1n) is 7.69. The lowest BCUT2D eigenvalue weighted by molar-refractivity contribution is 0.146. The van der Waals surface area contributed by atoms with E-state index in [0.29, 0.717) is 16.2 Å². The molecule has 0 saturated carbocycles. The van der Waals surface area contributed by atoms with Crippen LogP contribution in [-0.2, 0) is 9.91 Å². The molecule has 0 amide bonds. The summed E-state index contributed by atoms with van der Waals surface area (Å²) in [5.74, 6) is 0.101. The molecule has 122 valence electrons. The van der Waals surface area contributed by atoms with E-state index in [1.807, 2.05) is 36.4 Å². The molecular formula is C20H19O3P. The molecule has 3 aromatic carbocycles. The van der Waals surface area contributed by atoms with Crippen LogP contribution >= 0.6 is 7.14 Å². The molecular weight excluding hydrogens is 319 g/mol. The molecule has 0 aromatic heterocycles. The Morgan fingerprint density at radius 3 is 1.58 bits per heavy atom.